The smallest absolute Gasteiger partial charge is 0.338 e. The first-order valence-corrected chi connectivity index (χ1v) is 9.97. The molecule has 2 aromatic rings. The minimum Gasteiger partial charge on any atom is -0.462 e. The zero-order valence-corrected chi connectivity index (χ0v) is 17.3. The van der Waals surface area contributed by atoms with Crippen molar-refractivity contribution in [1.82, 2.24) is 5.43 Å². The Balaban J connectivity index is 1.78. The van der Waals surface area contributed by atoms with E-state index in [1.807, 2.05) is 24.3 Å². The molecule has 2 amide bonds. The Labute approximate surface area is 175 Å². The maximum atomic E-state index is 12.8. The Hall–Kier alpha value is -3.61. The second-order valence-electron chi connectivity index (χ2n) is 6.67. The number of esters is 1. The van der Waals surface area contributed by atoms with Crippen LogP contribution >= 0.6 is 0 Å². The van der Waals surface area contributed by atoms with Gasteiger partial charge in [-0.2, -0.15) is 0 Å². The molecule has 7 nitrogen and oxygen atoms in total. The van der Waals surface area contributed by atoms with Crippen molar-refractivity contribution < 1.29 is 19.1 Å². The van der Waals surface area contributed by atoms with E-state index in [2.05, 4.69) is 24.2 Å². The number of ether oxygens (including phenoxy) is 1. The van der Waals surface area contributed by atoms with Gasteiger partial charge in [0.15, 0.2) is 0 Å². The van der Waals surface area contributed by atoms with Crippen molar-refractivity contribution in [2.75, 3.05) is 29.6 Å². The maximum Gasteiger partial charge on any atom is 0.338 e. The average Bonchev–Trinajstić information content (AvgIpc) is 3.04. The SMILES string of the molecule is CCOC(=O)c1ccc(N2NC(=O)/C(=C\c3ccc(N(CC)CC)cc3)C2=O)cc1. The first-order chi connectivity index (χ1) is 14.5. The molecule has 0 unspecified atom stereocenters. The Kier molecular flexibility index (Phi) is 6.51. The van der Waals surface area contributed by atoms with E-state index in [4.69, 9.17) is 4.74 Å². The quantitative estimate of drug-likeness (QED) is 0.433. The van der Waals surface area contributed by atoms with Gasteiger partial charge in [-0.05, 0) is 68.8 Å². The summed E-state index contributed by atoms with van der Waals surface area (Å²) in [5.74, 6) is -1.35. The highest BCUT2D eigenvalue weighted by Gasteiger charge is 2.34. The summed E-state index contributed by atoms with van der Waals surface area (Å²) in [5.41, 5.74) is 5.32. The molecule has 1 saturated heterocycles. The van der Waals surface area contributed by atoms with Crippen LogP contribution in [0, 0.1) is 0 Å². The Bertz CT molecular complexity index is 961. The molecule has 1 heterocycles. The van der Waals surface area contributed by atoms with Crippen molar-refractivity contribution in [1.29, 1.82) is 0 Å². The van der Waals surface area contributed by atoms with Gasteiger partial charge >= 0.3 is 5.97 Å². The van der Waals surface area contributed by atoms with Crippen molar-refractivity contribution in [2.24, 2.45) is 0 Å². The molecule has 0 spiro atoms. The zero-order valence-electron chi connectivity index (χ0n) is 17.3. The van der Waals surface area contributed by atoms with Gasteiger partial charge in [-0.15, -0.1) is 0 Å². The molecule has 0 radical (unpaired) electrons. The van der Waals surface area contributed by atoms with Gasteiger partial charge in [0.25, 0.3) is 11.8 Å². The summed E-state index contributed by atoms with van der Waals surface area (Å²) in [6.45, 7) is 8.01. The molecular formula is C23H25N3O4. The molecule has 0 aromatic heterocycles. The lowest BCUT2D eigenvalue weighted by Crippen LogP contribution is -2.35. The Morgan fingerprint density at radius 3 is 2.20 bits per heavy atom. The molecule has 1 fully saturated rings. The van der Waals surface area contributed by atoms with Crippen LogP contribution in [-0.4, -0.2) is 37.5 Å². The number of hydrazine groups is 1. The molecule has 1 aliphatic heterocycles. The lowest BCUT2D eigenvalue weighted by Gasteiger charge is -2.20. The lowest BCUT2D eigenvalue weighted by atomic mass is 10.1. The van der Waals surface area contributed by atoms with Crippen molar-refractivity contribution >= 4 is 35.2 Å². The van der Waals surface area contributed by atoms with E-state index in [0.29, 0.717) is 11.3 Å². The third kappa shape index (κ3) is 4.35. The fourth-order valence-electron chi connectivity index (χ4n) is 3.24. The minimum absolute atomic E-state index is 0.0556. The van der Waals surface area contributed by atoms with E-state index in [-0.39, 0.29) is 12.2 Å². The normalized spacial score (nSPS) is 14.8. The van der Waals surface area contributed by atoms with Gasteiger partial charge in [0, 0.05) is 18.8 Å². The fourth-order valence-corrected chi connectivity index (χ4v) is 3.24. The fraction of sp³-hybridized carbons (Fsp3) is 0.261. The molecule has 0 aliphatic carbocycles. The number of hydrogen-bond acceptors (Lipinski definition) is 5. The van der Waals surface area contributed by atoms with E-state index in [9.17, 15) is 14.4 Å². The highest BCUT2D eigenvalue weighted by molar-refractivity contribution is 6.31. The van der Waals surface area contributed by atoms with E-state index in [0.717, 1.165) is 24.3 Å². The monoisotopic (exact) mass is 407 g/mol. The molecule has 2 aromatic carbocycles. The molecule has 0 saturated carbocycles. The van der Waals surface area contributed by atoms with Gasteiger partial charge < -0.3 is 9.64 Å². The maximum absolute atomic E-state index is 12.8. The predicted molar refractivity (Wildman–Crippen MR) is 116 cm³/mol. The van der Waals surface area contributed by atoms with E-state index >= 15 is 0 Å². The van der Waals surface area contributed by atoms with Gasteiger partial charge in [0.1, 0.15) is 5.57 Å². The van der Waals surface area contributed by atoms with Crippen LogP contribution in [0.1, 0.15) is 36.7 Å². The van der Waals surface area contributed by atoms with Crippen LogP contribution < -0.4 is 15.3 Å². The molecule has 3 rings (SSSR count). The number of nitrogens with one attached hydrogen (secondary N) is 1. The second kappa shape index (κ2) is 9.26. The number of anilines is 2. The molecule has 156 valence electrons. The number of hydrogen-bond donors (Lipinski definition) is 1. The first kappa shape index (κ1) is 21.1. The zero-order chi connectivity index (χ0) is 21.7. The highest BCUT2D eigenvalue weighted by atomic mass is 16.5. The molecule has 1 aliphatic rings. The molecule has 0 bridgehead atoms. The summed E-state index contributed by atoms with van der Waals surface area (Å²) in [6.07, 6.45) is 1.58. The molecule has 30 heavy (non-hydrogen) atoms. The van der Waals surface area contributed by atoms with E-state index in [1.54, 1.807) is 37.3 Å². The number of amides is 2. The van der Waals surface area contributed by atoms with E-state index < -0.39 is 17.8 Å². The Morgan fingerprint density at radius 2 is 1.63 bits per heavy atom. The van der Waals surface area contributed by atoms with Gasteiger partial charge in [0.05, 0.1) is 17.9 Å². The standard InChI is InChI=1S/C23H25N3O4/c1-4-25(5-2)18-11-7-16(8-12-18)15-20-21(27)24-26(22(20)28)19-13-9-17(10-14-19)23(29)30-6-3/h7-15H,4-6H2,1-3H3,(H,24,27)/b20-15+. The predicted octanol–water partition coefficient (Wildman–Crippen LogP) is 3.17. The summed E-state index contributed by atoms with van der Waals surface area (Å²) in [5, 5.41) is 1.17. The van der Waals surface area contributed by atoms with Crippen molar-refractivity contribution in [3.05, 3.63) is 65.2 Å². The van der Waals surface area contributed by atoms with Crippen LogP contribution in [0.3, 0.4) is 0 Å². The third-order valence-corrected chi connectivity index (χ3v) is 4.86. The summed E-state index contributed by atoms with van der Waals surface area (Å²) < 4.78 is 4.95. The summed E-state index contributed by atoms with van der Waals surface area (Å²) in [4.78, 5) is 39.1. The second-order valence-corrected chi connectivity index (χ2v) is 6.67. The number of carbonyl (C=O) groups is 3. The summed E-state index contributed by atoms with van der Waals surface area (Å²) in [6, 6.07) is 14.0. The largest absolute Gasteiger partial charge is 0.462 e. The van der Waals surface area contributed by atoms with Crippen molar-refractivity contribution in [3.63, 3.8) is 0 Å². The molecular weight excluding hydrogens is 382 g/mol. The third-order valence-electron chi connectivity index (χ3n) is 4.86. The summed E-state index contributed by atoms with van der Waals surface area (Å²) >= 11 is 0. The lowest BCUT2D eigenvalue weighted by molar-refractivity contribution is -0.117. The van der Waals surface area contributed by atoms with Crippen LogP contribution in [-0.2, 0) is 14.3 Å². The van der Waals surface area contributed by atoms with Crippen LogP contribution in [0.5, 0.6) is 0 Å². The van der Waals surface area contributed by atoms with Gasteiger partial charge in [-0.25, -0.2) is 9.80 Å². The average molecular weight is 407 g/mol. The van der Waals surface area contributed by atoms with Crippen LogP contribution in [0.15, 0.2) is 54.1 Å². The first-order valence-electron chi connectivity index (χ1n) is 9.97. The van der Waals surface area contributed by atoms with Gasteiger partial charge in [-0.1, -0.05) is 12.1 Å². The number of benzene rings is 2. The van der Waals surface area contributed by atoms with Crippen LogP contribution in [0.4, 0.5) is 11.4 Å². The van der Waals surface area contributed by atoms with Crippen molar-refractivity contribution in [3.8, 4) is 0 Å². The number of rotatable bonds is 7. The van der Waals surface area contributed by atoms with Gasteiger partial charge in [0.2, 0.25) is 0 Å². The minimum atomic E-state index is -0.470. The van der Waals surface area contributed by atoms with E-state index in [1.165, 1.54) is 5.01 Å². The topological polar surface area (TPSA) is 79.0 Å². The van der Waals surface area contributed by atoms with Gasteiger partial charge in [-0.3, -0.25) is 15.0 Å². The summed E-state index contributed by atoms with van der Waals surface area (Å²) in [7, 11) is 0. The molecule has 7 heteroatoms. The highest BCUT2D eigenvalue weighted by Crippen LogP contribution is 2.23. The van der Waals surface area contributed by atoms with Crippen LogP contribution in [0.25, 0.3) is 6.08 Å². The van der Waals surface area contributed by atoms with Crippen molar-refractivity contribution in [2.45, 2.75) is 20.8 Å². The number of nitrogens with zero attached hydrogens (tertiary/aromatic N) is 2. The molecule has 0 atom stereocenters. The van der Waals surface area contributed by atoms with Crippen LogP contribution in [0.2, 0.25) is 0 Å². The Morgan fingerprint density at radius 1 is 1.00 bits per heavy atom. The molecule has 1 N–H and O–H groups in total. The number of carbonyl (C=O) groups excluding carboxylic acids is 3.